The number of nitrogens with two attached hydrogens (primary N) is 1. The zero-order valence-electron chi connectivity index (χ0n) is 24.6. The van der Waals surface area contributed by atoms with Crippen LogP contribution in [-0.4, -0.2) is 72.9 Å². The van der Waals surface area contributed by atoms with Gasteiger partial charge in [0.2, 0.25) is 11.8 Å². The summed E-state index contributed by atoms with van der Waals surface area (Å²) in [6, 6.07) is 15.5. The monoisotopic (exact) mass is 574 g/mol. The van der Waals surface area contributed by atoms with Gasteiger partial charge in [0.15, 0.2) is 0 Å². The third-order valence-electron chi connectivity index (χ3n) is 8.92. The second-order valence-corrected chi connectivity index (χ2v) is 12.4. The summed E-state index contributed by atoms with van der Waals surface area (Å²) in [4.78, 5) is 27.7. The number of β-amino-alcohol motifs (C(OH)–C–C–N with tert-alkyl or cyclic N) is 1. The average Bonchev–Trinajstić information content (AvgIpc) is 3.59. The maximum Gasteiger partial charge on any atom is 0.240 e. The van der Waals surface area contributed by atoms with Crippen molar-refractivity contribution in [3.63, 3.8) is 0 Å². The zero-order valence-corrected chi connectivity index (χ0v) is 24.6. The molecule has 1 saturated heterocycles. The van der Waals surface area contributed by atoms with Crippen LogP contribution in [0.4, 0.5) is 0 Å². The van der Waals surface area contributed by atoms with Gasteiger partial charge in [0, 0.05) is 25.1 Å². The number of aliphatic hydroxyl groups excluding tert-OH is 2. The Morgan fingerprint density at radius 1 is 1.10 bits per heavy atom. The molecule has 224 valence electrons. The van der Waals surface area contributed by atoms with Gasteiger partial charge in [0.25, 0.3) is 0 Å². The minimum absolute atomic E-state index is 0.113. The van der Waals surface area contributed by atoms with Crippen molar-refractivity contribution >= 4 is 11.8 Å². The quantitative estimate of drug-likeness (QED) is 0.260. The largest absolute Gasteiger partial charge is 0.392 e. The summed E-state index contributed by atoms with van der Waals surface area (Å²) >= 11 is 0. The highest BCUT2D eigenvalue weighted by Crippen LogP contribution is 2.42. The Balaban J connectivity index is 1.31. The molecule has 0 radical (unpaired) electrons. The van der Waals surface area contributed by atoms with Crippen LogP contribution in [0.1, 0.15) is 69.7 Å². The van der Waals surface area contributed by atoms with Crippen LogP contribution in [-0.2, 0) is 16.0 Å². The fourth-order valence-corrected chi connectivity index (χ4v) is 5.86. The number of primary amides is 1. The number of aliphatic hydroxyl groups is 2. The third kappa shape index (κ3) is 6.56. The molecule has 2 aliphatic rings. The molecule has 1 aliphatic heterocycles. The number of benzene rings is 2. The average molecular weight is 575 g/mol. The lowest BCUT2D eigenvalue weighted by atomic mass is 9.80. The van der Waals surface area contributed by atoms with Crippen molar-refractivity contribution in [1.29, 1.82) is 0 Å². The number of aromatic nitrogens is 3. The molecule has 5 rings (SSSR count). The fraction of sp³-hybridized carbons (Fsp3) is 0.500. The number of carbonyl (C=O) groups excluding carboxylic acids is 2. The van der Waals surface area contributed by atoms with Crippen molar-refractivity contribution in [3.8, 4) is 11.1 Å². The molecule has 3 aromatic rings. The molecule has 2 fully saturated rings. The molecule has 5 atom stereocenters. The molecular formula is C32H42N6O4. The highest BCUT2D eigenvalue weighted by atomic mass is 16.3. The lowest BCUT2D eigenvalue weighted by molar-refractivity contribution is -0.137. The highest BCUT2D eigenvalue weighted by molar-refractivity contribution is 5.89. The lowest BCUT2D eigenvalue weighted by Crippen LogP contribution is -2.56. The highest BCUT2D eigenvalue weighted by Gasteiger charge is 2.47. The van der Waals surface area contributed by atoms with E-state index in [4.69, 9.17) is 5.73 Å². The summed E-state index contributed by atoms with van der Waals surface area (Å²) in [5, 5.41) is 33.9. The van der Waals surface area contributed by atoms with Gasteiger partial charge in [0.05, 0.1) is 23.9 Å². The molecule has 42 heavy (non-hydrogen) atoms. The summed E-state index contributed by atoms with van der Waals surface area (Å²) in [5.41, 5.74) is 9.22. The lowest BCUT2D eigenvalue weighted by Gasteiger charge is -2.41. The second-order valence-electron chi connectivity index (χ2n) is 12.4. The number of hydrogen-bond donors (Lipinski definition) is 4. The van der Waals surface area contributed by atoms with Crippen LogP contribution in [0.5, 0.6) is 0 Å². The van der Waals surface area contributed by atoms with E-state index in [2.05, 4.69) is 15.6 Å². The van der Waals surface area contributed by atoms with Crippen molar-refractivity contribution in [1.82, 2.24) is 25.2 Å². The molecule has 2 amide bonds. The number of nitrogens with one attached hydrogen (secondary N) is 1. The Bertz CT molecular complexity index is 1370. The van der Waals surface area contributed by atoms with E-state index in [0.717, 1.165) is 41.6 Å². The van der Waals surface area contributed by atoms with E-state index < -0.39 is 47.7 Å². The van der Waals surface area contributed by atoms with Gasteiger partial charge in [-0.3, -0.25) is 14.5 Å². The van der Waals surface area contributed by atoms with E-state index in [9.17, 15) is 19.8 Å². The maximum absolute atomic E-state index is 13.6. The Hall–Kier alpha value is -3.60. The van der Waals surface area contributed by atoms with Gasteiger partial charge < -0.3 is 21.3 Å². The molecule has 10 heteroatoms. The molecular weight excluding hydrogens is 532 g/mol. The third-order valence-corrected chi connectivity index (χ3v) is 8.92. The SMILES string of the molecule is CCC(C)(C)C(C(O)N1CC(O)CC1C(=O)NC(Cc1ccc(-c2ccccc2)cc1)C(N)=O)n1cc(C2CC2)nn1. The van der Waals surface area contributed by atoms with Gasteiger partial charge in [-0.1, -0.05) is 80.6 Å². The van der Waals surface area contributed by atoms with Crippen molar-refractivity contribution in [2.45, 2.75) is 89.3 Å². The number of nitrogens with zero attached hydrogens (tertiary/aromatic N) is 4. The van der Waals surface area contributed by atoms with Gasteiger partial charge >= 0.3 is 0 Å². The smallest absolute Gasteiger partial charge is 0.240 e. The minimum atomic E-state index is -1.13. The van der Waals surface area contributed by atoms with Gasteiger partial charge in [0.1, 0.15) is 12.3 Å². The molecule has 1 aromatic heterocycles. The first-order valence-electron chi connectivity index (χ1n) is 14.8. The first kappa shape index (κ1) is 29.9. The predicted molar refractivity (Wildman–Crippen MR) is 159 cm³/mol. The van der Waals surface area contributed by atoms with Crippen LogP contribution in [0.2, 0.25) is 0 Å². The number of likely N-dealkylation sites (tertiary alicyclic amines) is 1. The van der Waals surface area contributed by atoms with E-state index in [1.807, 2.05) is 81.6 Å². The number of hydrogen-bond acceptors (Lipinski definition) is 7. The van der Waals surface area contributed by atoms with E-state index in [-0.39, 0.29) is 19.4 Å². The normalized spacial score (nSPS) is 21.5. The Morgan fingerprint density at radius 3 is 2.38 bits per heavy atom. The number of carbonyl (C=O) groups is 2. The van der Waals surface area contributed by atoms with Crippen LogP contribution >= 0.6 is 0 Å². The Morgan fingerprint density at radius 2 is 1.76 bits per heavy atom. The van der Waals surface area contributed by atoms with E-state index >= 15 is 0 Å². The molecule has 1 saturated carbocycles. The number of amides is 2. The summed E-state index contributed by atoms with van der Waals surface area (Å²) < 4.78 is 1.72. The van der Waals surface area contributed by atoms with Crippen LogP contribution < -0.4 is 11.1 Å². The first-order valence-corrected chi connectivity index (χ1v) is 14.8. The summed E-state index contributed by atoms with van der Waals surface area (Å²) in [5.74, 6) is -0.698. The predicted octanol–water partition coefficient (Wildman–Crippen LogP) is 2.77. The van der Waals surface area contributed by atoms with Gasteiger partial charge in [-0.15, -0.1) is 5.10 Å². The topological polar surface area (TPSA) is 147 Å². The number of rotatable bonds is 12. The standard InChI is InChI=1S/C32H42N6O4/c1-4-32(2,3)28(38-19-26(35-36-38)23-14-15-23)31(42)37-18-24(39)17-27(37)30(41)34-25(29(33)40)16-20-10-12-22(13-11-20)21-8-6-5-7-9-21/h5-13,19,23-25,27-28,31,39,42H,4,14-18H2,1-3H3,(H2,33,40)(H,34,41). The van der Waals surface area contributed by atoms with Gasteiger partial charge in [-0.05, 0) is 47.8 Å². The Kier molecular flexibility index (Phi) is 8.77. The molecule has 2 aromatic carbocycles. The van der Waals surface area contributed by atoms with Crippen LogP contribution in [0.3, 0.4) is 0 Å². The summed E-state index contributed by atoms with van der Waals surface area (Å²) in [6.07, 6.45) is 3.23. The van der Waals surface area contributed by atoms with Crippen LogP contribution in [0, 0.1) is 5.41 Å². The molecule has 0 spiro atoms. The molecule has 1 aliphatic carbocycles. The molecule has 2 heterocycles. The summed E-state index contributed by atoms with van der Waals surface area (Å²) in [7, 11) is 0. The van der Waals surface area contributed by atoms with Gasteiger partial charge in [-0.2, -0.15) is 0 Å². The zero-order chi connectivity index (χ0) is 30.0. The molecule has 5 unspecified atom stereocenters. The van der Waals surface area contributed by atoms with Crippen molar-refractivity contribution in [3.05, 3.63) is 72.1 Å². The Labute approximate surface area is 246 Å². The second kappa shape index (κ2) is 12.3. The minimum Gasteiger partial charge on any atom is -0.392 e. The van der Waals surface area contributed by atoms with E-state index in [0.29, 0.717) is 5.92 Å². The van der Waals surface area contributed by atoms with E-state index in [1.165, 1.54) is 0 Å². The maximum atomic E-state index is 13.6. The van der Waals surface area contributed by atoms with Crippen molar-refractivity contribution in [2.75, 3.05) is 6.54 Å². The van der Waals surface area contributed by atoms with Crippen molar-refractivity contribution < 1.29 is 19.8 Å². The van der Waals surface area contributed by atoms with Crippen molar-refractivity contribution in [2.24, 2.45) is 11.1 Å². The van der Waals surface area contributed by atoms with Crippen LogP contribution in [0.15, 0.2) is 60.8 Å². The molecule has 10 nitrogen and oxygen atoms in total. The van der Waals surface area contributed by atoms with E-state index in [1.54, 1.807) is 9.58 Å². The van der Waals surface area contributed by atoms with Crippen LogP contribution in [0.25, 0.3) is 11.1 Å². The molecule has 5 N–H and O–H groups in total. The first-order chi connectivity index (χ1) is 20.1. The fourth-order valence-electron chi connectivity index (χ4n) is 5.86. The van der Waals surface area contributed by atoms with Gasteiger partial charge in [-0.25, -0.2) is 4.68 Å². The summed E-state index contributed by atoms with van der Waals surface area (Å²) in [6.45, 7) is 6.26. The molecule has 0 bridgehead atoms.